The van der Waals surface area contributed by atoms with Crippen LogP contribution in [0.15, 0.2) is 54.6 Å². The normalized spacial score (nSPS) is 14.7. The van der Waals surface area contributed by atoms with Crippen LogP contribution in [0.4, 0.5) is 0 Å². The first-order valence-electron chi connectivity index (χ1n) is 6.88. The molecule has 0 saturated heterocycles. The molecular formula is C17H16N2O2. The molecule has 1 heterocycles. The average molecular weight is 280 g/mol. The summed E-state index contributed by atoms with van der Waals surface area (Å²) in [7, 11) is 1.59. The molecule has 0 aliphatic carbocycles. The van der Waals surface area contributed by atoms with Crippen molar-refractivity contribution in [3.63, 3.8) is 0 Å². The van der Waals surface area contributed by atoms with E-state index in [0.717, 1.165) is 11.1 Å². The fraction of sp³-hybridized carbons (Fsp3) is 0.176. The molecule has 1 N–H and O–H groups in total. The number of nitrogens with one attached hydrogen (secondary N) is 1. The van der Waals surface area contributed by atoms with Crippen molar-refractivity contribution in [1.82, 2.24) is 10.2 Å². The van der Waals surface area contributed by atoms with Crippen molar-refractivity contribution in [1.29, 1.82) is 0 Å². The number of nitrogens with zero attached hydrogens (tertiary/aromatic N) is 1. The second-order valence-corrected chi connectivity index (χ2v) is 5.02. The number of benzene rings is 2. The highest BCUT2D eigenvalue weighted by molar-refractivity contribution is 6.01. The van der Waals surface area contributed by atoms with E-state index >= 15 is 0 Å². The molecule has 21 heavy (non-hydrogen) atoms. The number of fused-ring (bicyclic) bond motifs is 1. The third-order valence-electron chi connectivity index (χ3n) is 3.77. The molecule has 1 atom stereocenters. The van der Waals surface area contributed by atoms with Crippen LogP contribution in [-0.4, -0.2) is 23.8 Å². The monoisotopic (exact) mass is 280 g/mol. The van der Waals surface area contributed by atoms with Gasteiger partial charge in [-0.15, -0.1) is 0 Å². The first-order valence-corrected chi connectivity index (χ1v) is 6.88. The van der Waals surface area contributed by atoms with E-state index in [2.05, 4.69) is 5.32 Å². The van der Waals surface area contributed by atoms with Crippen molar-refractivity contribution < 1.29 is 9.59 Å². The van der Waals surface area contributed by atoms with Gasteiger partial charge in [-0.2, -0.15) is 0 Å². The number of amides is 2. The van der Waals surface area contributed by atoms with Crippen LogP contribution in [0.1, 0.15) is 27.5 Å². The van der Waals surface area contributed by atoms with Gasteiger partial charge in [-0.3, -0.25) is 9.59 Å². The lowest BCUT2D eigenvalue weighted by molar-refractivity contribution is -0.125. The maximum atomic E-state index is 12.6. The van der Waals surface area contributed by atoms with E-state index in [-0.39, 0.29) is 11.8 Å². The number of carbonyl (C=O) groups is 2. The highest BCUT2D eigenvalue weighted by Gasteiger charge is 2.36. The van der Waals surface area contributed by atoms with E-state index < -0.39 is 6.04 Å². The van der Waals surface area contributed by atoms with Crippen LogP contribution < -0.4 is 5.32 Å². The molecule has 2 aromatic carbocycles. The third kappa shape index (κ3) is 2.29. The number of hydrogen-bond acceptors (Lipinski definition) is 2. The van der Waals surface area contributed by atoms with Crippen molar-refractivity contribution in [2.75, 3.05) is 7.05 Å². The molecule has 0 radical (unpaired) electrons. The van der Waals surface area contributed by atoms with Crippen LogP contribution in [0.25, 0.3) is 0 Å². The van der Waals surface area contributed by atoms with Crippen LogP contribution in [0.2, 0.25) is 0 Å². The standard InChI is InChI=1S/C17H16N2O2/c1-18-16(20)15(12-7-3-2-4-8-12)19-11-13-9-5-6-10-14(13)17(19)21/h2-10,15H,11H2,1H3,(H,18,20)/t15-/m0/s1. The average Bonchev–Trinajstić information content (AvgIpc) is 2.86. The van der Waals surface area contributed by atoms with E-state index in [1.807, 2.05) is 54.6 Å². The smallest absolute Gasteiger partial charge is 0.255 e. The summed E-state index contributed by atoms with van der Waals surface area (Å²) in [6, 6.07) is 16.3. The Morgan fingerprint density at radius 1 is 1.10 bits per heavy atom. The van der Waals surface area contributed by atoms with E-state index in [0.29, 0.717) is 12.1 Å². The van der Waals surface area contributed by atoms with Gasteiger partial charge in [0.05, 0.1) is 0 Å². The minimum absolute atomic E-state index is 0.0944. The van der Waals surface area contributed by atoms with Crippen molar-refractivity contribution in [2.45, 2.75) is 12.6 Å². The van der Waals surface area contributed by atoms with Crippen molar-refractivity contribution >= 4 is 11.8 Å². The van der Waals surface area contributed by atoms with Crippen molar-refractivity contribution in [3.05, 3.63) is 71.3 Å². The Hall–Kier alpha value is -2.62. The second kappa shape index (κ2) is 5.40. The van der Waals surface area contributed by atoms with Gasteiger partial charge >= 0.3 is 0 Å². The summed E-state index contributed by atoms with van der Waals surface area (Å²) < 4.78 is 0. The summed E-state index contributed by atoms with van der Waals surface area (Å²) in [5.41, 5.74) is 2.47. The Labute approximate surface area is 123 Å². The van der Waals surface area contributed by atoms with E-state index in [1.54, 1.807) is 11.9 Å². The van der Waals surface area contributed by atoms with Crippen molar-refractivity contribution in [3.8, 4) is 0 Å². The van der Waals surface area contributed by atoms with Gasteiger partial charge in [-0.1, -0.05) is 48.5 Å². The summed E-state index contributed by atoms with van der Waals surface area (Å²) in [6.07, 6.45) is 0. The molecule has 3 rings (SSSR count). The molecule has 1 aliphatic rings. The maximum absolute atomic E-state index is 12.6. The summed E-state index contributed by atoms with van der Waals surface area (Å²) in [5.74, 6) is -0.273. The zero-order chi connectivity index (χ0) is 14.8. The number of carbonyl (C=O) groups excluding carboxylic acids is 2. The zero-order valence-electron chi connectivity index (χ0n) is 11.7. The Morgan fingerprint density at radius 3 is 2.43 bits per heavy atom. The highest BCUT2D eigenvalue weighted by Crippen LogP contribution is 2.31. The predicted octanol–water partition coefficient (Wildman–Crippen LogP) is 2.13. The molecule has 0 saturated carbocycles. The van der Waals surface area contributed by atoms with Crippen LogP contribution in [-0.2, 0) is 11.3 Å². The second-order valence-electron chi connectivity index (χ2n) is 5.02. The van der Waals surface area contributed by atoms with Crippen LogP contribution in [0, 0.1) is 0 Å². The van der Waals surface area contributed by atoms with Gasteiger partial charge in [0.2, 0.25) is 5.91 Å². The van der Waals surface area contributed by atoms with Gasteiger partial charge in [0.15, 0.2) is 0 Å². The Balaban J connectivity index is 2.00. The third-order valence-corrected chi connectivity index (χ3v) is 3.77. The summed E-state index contributed by atoms with van der Waals surface area (Å²) in [4.78, 5) is 26.5. The Bertz CT molecular complexity index is 682. The zero-order valence-corrected chi connectivity index (χ0v) is 11.7. The predicted molar refractivity (Wildman–Crippen MR) is 79.6 cm³/mol. The van der Waals surface area contributed by atoms with Gasteiger partial charge < -0.3 is 10.2 Å². The molecule has 4 heteroatoms. The maximum Gasteiger partial charge on any atom is 0.255 e. The minimum Gasteiger partial charge on any atom is -0.357 e. The SMILES string of the molecule is CNC(=O)[C@H](c1ccccc1)N1Cc2ccccc2C1=O. The number of hydrogen-bond donors (Lipinski definition) is 1. The summed E-state index contributed by atoms with van der Waals surface area (Å²) >= 11 is 0. The molecule has 2 amide bonds. The Morgan fingerprint density at radius 2 is 1.76 bits per heavy atom. The van der Waals surface area contributed by atoms with Crippen LogP contribution >= 0.6 is 0 Å². The molecule has 2 aromatic rings. The van der Waals surface area contributed by atoms with Crippen molar-refractivity contribution in [2.24, 2.45) is 0 Å². The molecule has 0 unspecified atom stereocenters. The first kappa shape index (κ1) is 13.4. The fourth-order valence-electron chi connectivity index (χ4n) is 2.73. The lowest BCUT2D eigenvalue weighted by Crippen LogP contribution is -2.39. The molecule has 0 spiro atoms. The molecule has 0 bridgehead atoms. The number of rotatable bonds is 3. The van der Waals surface area contributed by atoms with E-state index in [1.165, 1.54) is 0 Å². The van der Waals surface area contributed by atoms with Gasteiger partial charge in [-0.05, 0) is 17.2 Å². The molecular weight excluding hydrogens is 264 g/mol. The summed E-state index contributed by atoms with van der Waals surface area (Å²) in [5, 5.41) is 2.65. The van der Waals surface area contributed by atoms with Gasteiger partial charge in [0.25, 0.3) is 5.91 Å². The lowest BCUT2D eigenvalue weighted by atomic mass is 10.0. The largest absolute Gasteiger partial charge is 0.357 e. The van der Waals surface area contributed by atoms with E-state index in [4.69, 9.17) is 0 Å². The molecule has 106 valence electrons. The van der Waals surface area contributed by atoms with Crippen LogP contribution in [0.3, 0.4) is 0 Å². The Kier molecular flexibility index (Phi) is 3.44. The molecule has 4 nitrogen and oxygen atoms in total. The molecule has 0 aromatic heterocycles. The minimum atomic E-state index is -0.601. The van der Waals surface area contributed by atoms with Crippen LogP contribution in [0.5, 0.6) is 0 Å². The lowest BCUT2D eigenvalue weighted by Gasteiger charge is -2.26. The molecule has 1 aliphatic heterocycles. The number of likely N-dealkylation sites (N-methyl/N-ethyl adjacent to an activating group) is 1. The van der Waals surface area contributed by atoms with Gasteiger partial charge in [0.1, 0.15) is 6.04 Å². The molecule has 0 fully saturated rings. The van der Waals surface area contributed by atoms with Gasteiger partial charge in [-0.25, -0.2) is 0 Å². The van der Waals surface area contributed by atoms with E-state index in [9.17, 15) is 9.59 Å². The topological polar surface area (TPSA) is 49.4 Å². The fourth-order valence-corrected chi connectivity index (χ4v) is 2.73. The quantitative estimate of drug-likeness (QED) is 0.936. The van der Waals surface area contributed by atoms with Gasteiger partial charge in [0, 0.05) is 19.2 Å². The highest BCUT2D eigenvalue weighted by atomic mass is 16.2. The summed E-state index contributed by atoms with van der Waals surface area (Å²) in [6.45, 7) is 0.460. The first-order chi connectivity index (χ1) is 10.2.